The van der Waals surface area contributed by atoms with Crippen molar-refractivity contribution in [3.05, 3.63) is 35.4 Å². The van der Waals surface area contributed by atoms with Crippen molar-refractivity contribution in [1.29, 1.82) is 5.26 Å². The Hall–Kier alpha value is -1.66. The van der Waals surface area contributed by atoms with Gasteiger partial charge in [-0.15, -0.1) is 0 Å². The monoisotopic (exact) mass is 231 g/mol. The first-order valence-corrected chi connectivity index (χ1v) is 5.67. The number of nitriles is 1. The van der Waals surface area contributed by atoms with Crippen LogP contribution in [0, 0.1) is 11.3 Å². The van der Waals surface area contributed by atoms with Crippen LogP contribution < -0.4 is 0 Å². The first kappa shape index (κ1) is 13.4. The molecular formula is C14H17NO2. The van der Waals surface area contributed by atoms with Crippen molar-refractivity contribution in [3.8, 4) is 6.07 Å². The number of benzene rings is 1. The van der Waals surface area contributed by atoms with Crippen LogP contribution in [0.15, 0.2) is 24.3 Å². The second-order valence-corrected chi connectivity index (χ2v) is 4.56. The lowest BCUT2D eigenvalue weighted by Crippen LogP contribution is -2.14. The Morgan fingerprint density at radius 2 is 1.94 bits per heavy atom. The highest BCUT2D eigenvalue weighted by atomic mass is 16.3. The van der Waals surface area contributed by atoms with Gasteiger partial charge in [-0.2, -0.15) is 5.26 Å². The molecule has 1 rings (SSSR count). The lowest BCUT2D eigenvalue weighted by atomic mass is 9.85. The average Bonchev–Trinajstić information content (AvgIpc) is 2.36. The van der Waals surface area contributed by atoms with Gasteiger partial charge in [-0.25, -0.2) is 0 Å². The van der Waals surface area contributed by atoms with Gasteiger partial charge in [-0.05, 0) is 25.8 Å². The summed E-state index contributed by atoms with van der Waals surface area (Å²) in [6.07, 6.45) is 0.849. The van der Waals surface area contributed by atoms with Crippen LogP contribution in [-0.2, 0) is 5.41 Å². The summed E-state index contributed by atoms with van der Waals surface area (Å²) in [5.41, 5.74) is 1.00. The highest BCUT2D eigenvalue weighted by molar-refractivity contribution is 5.96. The molecule has 0 saturated heterocycles. The molecule has 17 heavy (non-hydrogen) atoms. The summed E-state index contributed by atoms with van der Waals surface area (Å²) in [6.45, 7) is 3.72. The zero-order valence-electron chi connectivity index (χ0n) is 10.2. The second-order valence-electron chi connectivity index (χ2n) is 4.56. The van der Waals surface area contributed by atoms with Crippen LogP contribution in [0.1, 0.15) is 42.6 Å². The largest absolute Gasteiger partial charge is 0.396 e. The molecule has 0 aliphatic carbocycles. The van der Waals surface area contributed by atoms with Gasteiger partial charge in [0.1, 0.15) is 0 Å². The number of carbonyl (C=O) groups excluding carboxylic acids is 1. The van der Waals surface area contributed by atoms with E-state index < -0.39 is 5.41 Å². The second kappa shape index (κ2) is 5.60. The number of carbonyl (C=O) groups is 1. The summed E-state index contributed by atoms with van der Waals surface area (Å²) in [5.74, 6) is 0.0281. The molecule has 1 aromatic rings. The highest BCUT2D eigenvalue weighted by Gasteiger charge is 2.19. The van der Waals surface area contributed by atoms with Gasteiger partial charge in [-0.1, -0.05) is 24.3 Å². The summed E-state index contributed by atoms with van der Waals surface area (Å²) in [7, 11) is 0. The number of aliphatic hydroxyl groups is 1. The van der Waals surface area contributed by atoms with Crippen molar-refractivity contribution in [3.63, 3.8) is 0 Å². The molecule has 0 heterocycles. The van der Waals surface area contributed by atoms with Crippen molar-refractivity contribution >= 4 is 5.78 Å². The van der Waals surface area contributed by atoms with Gasteiger partial charge in [0, 0.05) is 18.6 Å². The third-order valence-corrected chi connectivity index (χ3v) is 2.77. The summed E-state index contributed by atoms with van der Waals surface area (Å²) >= 11 is 0. The predicted octanol–water partition coefficient (Wildman–Crippen LogP) is 2.44. The molecule has 0 fully saturated rings. The molecule has 0 unspecified atom stereocenters. The lowest BCUT2D eigenvalue weighted by molar-refractivity contribution is 0.0971. The molecule has 0 aliphatic heterocycles. The minimum Gasteiger partial charge on any atom is -0.396 e. The summed E-state index contributed by atoms with van der Waals surface area (Å²) in [5, 5.41) is 17.7. The van der Waals surface area contributed by atoms with Gasteiger partial charge < -0.3 is 5.11 Å². The molecule has 0 aromatic heterocycles. The molecule has 0 spiro atoms. The van der Waals surface area contributed by atoms with Gasteiger partial charge in [0.05, 0.1) is 11.5 Å². The zero-order chi connectivity index (χ0) is 12.9. The molecule has 0 radical (unpaired) electrons. The third kappa shape index (κ3) is 3.40. The van der Waals surface area contributed by atoms with E-state index in [0.717, 1.165) is 5.56 Å². The van der Waals surface area contributed by atoms with Crippen LogP contribution in [0.4, 0.5) is 0 Å². The van der Waals surface area contributed by atoms with Crippen molar-refractivity contribution in [2.45, 2.75) is 32.1 Å². The average molecular weight is 231 g/mol. The van der Waals surface area contributed by atoms with Crippen molar-refractivity contribution in [2.75, 3.05) is 6.61 Å². The predicted molar refractivity (Wildman–Crippen MR) is 65.7 cm³/mol. The fourth-order valence-corrected chi connectivity index (χ4v) is 1.52. The third-order valence-electron chi connectivity index (χ3n) is 2.77. The van der Waals surface area contributed by atoms with E-state index in [2.05, 4.69) is 6.07 Å². The van der Waals surface area contributed by atoms with Gasteiger partial charge in [0.2, 0.25) is 0 Å². The van der Waals surface area contributed by atoms with Crippen LogP contribution in [0.5, 0.6) is 0 Å². The van der Waals surface area contributed by atoms with Crippen molar-refractivity contribution < 1.29 is 9.90 Å². The van der Waals surface area contributed by atoms with Crippen LogP contribution >= 0.6 is 0 Å². The maximum absolute atomic E-state index is 11.7. The van der Waals surface area contributed by atoms with E-state index in [1.807, 2.05) is 26.0 Å². The number of hydrogen-bond donors (Lipinski definition) is 1. The first-order valence-electron chi connectivity index (χ1n) is 5.67. The normalized spacial score (nSPS) is 10.9. The lowest BCUT2D eigenvalue weighted by Gasteiger charge is -2.15. The minimum absolute atomic E-state index is 0.0281. The summed E-state index contributed by atoms with van der Waals surface area (Å²) in [6, 6.07) is 9.34. The first-order chi connectivity index (χ1) is 8.01. The Labute approximate surface area is 102 Å². The highest BCUT2D eigenvalue weighted by Crippen LogP contribution is 2.22. The van der Waals surface area contributed by atoms with E-state index in [1.54, 1.807) is 12.1 Å². The van der Waals surface area contributed by atoms with Crippen molar-refractivity contribution in [1.82, 2.24) is 0 Å². The number of Topliss-reactive ketones (excluding diaryl/α,β-unsaturated/α-hetero) is 1. The molecule has 0 atom stereocenters. The van der Waals surface area contributed by atoms with E-state index in [0.29, 0.717) is 18.4 Å². The van der Waals surface area contributed by atoms with Crippen LogP contribution in [0.25, 0.3) is 0 Å². The van der Waals surface area contributed by atoms with Gasteiger partial charge >= 0.3 is 0 Å². The van der Waals surface area contributed by atoms with Gasteiger partial charge in [-0.3, -0.25) is 4.79 Å². The van der Waals surface area contributed by atoms with Crippen LogP contribution in [-0.4, -0.2) is 17.5 Å². The Morgan fingerprint density at radius 1 is 1.35 bits per heavy atom. The Kier molecular flexibility index (Phi) is 4.42. The number of rotatable bonds is 5. The quantitative estimate of drug-likeness (QED) is 0.792. The van der Waals surface area contributed by atoms with E-state index >= 15 is 0 Å². The van der Waals surface area contributed by atoms with Crippen LogP contribution in [0.2, 0.25) is 0 Å². The molecule has 0 bridgehead atoms. The molecule has 90 valence electrons. The standard InChI is InChI=1S/C14H17NO2/c1-14(2,10-15)12-7-5-11(6-8-12)13(17)4-3-9-16/h5-8,16H,3-4,9H2,1-2H3. The molecule has 0 aliphatic rings. The summed E-state index contributed by atoms with van der Waals surface area (Å²) < 4.78 is 0. The zero-order valence-corrected chi connectivity index (χ0v) is 10.2. The smallest absolute Gasteiger partial charge is 0.162 e. The number of aliphatic hydroxyl groups excluding tert-OH is 1. The molecule has 3 nitrogen and oxygen atoms in total. The summed E-state index contributed by atoms with van der Waals surface area (Å²) in [4.78, 5) is 11.7. The van der Waals surface area contributed by atoms with Crippen molar-refractivity contribution in [2.24, 2.45) is 0 Å². The fourth-order valence-electron chi connectivity index (χ4n) is 1.52. The van der Waals surface area contributed by atoms with Gasteiger partial charge in [0.25, 0.3) is 0 Å². The van der Waals surface area contributed by atoms with E-state index in [-0.39, 0.29) is 12.4 Å². The molecule has 0 saturated carbocycles. The SMILES string of the molecule is CC(C)(C#N)c1ccc(C(=O)CCCO)cc1. The molecule has 1 aromatic carbocycles. The number of nitrogens with zero attached hydrogens (tertiary/aromatic N) is 1. The Bertz CT molecular complexity index is 427. The Balaban J connectivity index is 2.82. The molecule has 1 N–H and O–H groups in total. The Morgan fingerprint density at radius 3 is 2.41 bits per heavy atom. The van der Waals surface area contributed by atoms with E-state index in [9.17, 15) is 4.79 Å². The van der Waals surface area contributed by atoms with E-state index in [4.69, 9.17) is 10.4 Å². The minimum atomic E-state index is -0.535. The van der Waals surface area contributed by atoms with Crippen LogP contribution in [0.3, 0.4) is 0 Å². The number of hydrogen-bond acceptors (Lipinski definition) is 3. The molecular weight excluding hydrogens is 214 g/mol. The molecule has 3 heteroatoms. The number of ketones is 1. The molecule has 0 amide bonds. The topological polar surface area (TPSA) is 61.1 Å². The maximum Gasteiger partial charge on any atom is 0.162 e. The van der Waals surface area contributed by atoms with Gasteiger partial charge in [0.15, 0.2) is 5.78 Å². The fraction of sp³-hybridized carbons (Fsp3) is 0.429. The maximum atomic E-state index is 11.7. The van der Waals surface area contributed by atoms with E-state index in [1.165, 1.54) is 0 Å².